The summed E-state index contributed by atoms with van der Waals surface area (Å²) in [6, 6.07) is 4.57. The number of anilines is 1. The maximum Gasteiger partial charge on any atom is 0.335 e. The zero-order valence-corrected chi connectivity index (χ0v) is 13.0. The molecule has 1 aromatic carbocycles. The number of hydrogen-bond donors (Lipinski definition) is 1. The minimum atomic E-state index is -0.868. The molecule has 0 bridgehead atoms. The van der Waals surface area contributed by atoms with E-state index in [1.165, 1.54) is 6.92 Å². The van der Waals surface area contributed by atoms with Crippen molar-refractivity contribution in [2.75, 3.05) is 4.90 Å². The molecule has 5 nitrogen and oxygen atoms in total. The van der Waals surface area contributed by atoms with Crippen molar-refractivity contribution in [3.8, 4) is 0 Å². The highest BCUT2D eigenvalue weighted by Crippen LogP contribution is 2.30. The van der Waals surface area contributed by atoms with Gasteiger partial charge in [-0.2, -0.15) is 0 Å². The highest BCUT2D eigenvalue weighted by atomic mass is 127. The summed E-state index contributed by atoms with van der Waals surface area (Å²) in [5, 5.41) is 2.16. The van der Waals surface area contributed by atoms with E-state index in [2.05, 4.69) is 43.8 Å². The molecule has 0 spiro atoms. The van der Waals surface area contributed by atoms with Crippen LogP contribution >= 0.6 is 38.5 Å². The number of carbonyl (C=O) groups excluding carboxylic acids is 3. The predicted octanol–water partition coefficient (Wildman–Crippen LogP) is 2.27. The van der Waals surface area contributed by atoms with Gasteiger partial charge in [0.05, 0.1) is 5.69 Å². The molecule has 0 radical (unpaired) electrons. The summed E-state index contributed by atoms with van der Waals surface area (Å²) in [5.41, 5.74) is 0.434. The van der Waals surface area contributed by atoms with Crippen LogP contribution in [0.3, 0.4) is 0 Å². The Labute approximate surface area is 125 Å². The molecule has 2 rings (SSSR count). The van der Waals surface area contributed by atoms with E-state index in [1.807, 2.05) is 6.07 Å². The van der Waals surface area contributed by atoms with Gasteiger partial charge in [0.1, 0.15) is 5.92 Å². The van der Waals surface area contributed by atoms with Crippen molar-refractivity contribution in [3.63, 3.8) is 0 Å². The van der Waals surface area contributed by atoms with Crippen LogP contribution < -0.4 is 10.2 Å². The van der Waals surface area contributed by atoms with Gasteiger partial charge in [0.25, 0.3) is 0 Å². The van der Waals surface area contributed by atoms with Gasteiger partial charge in [0.15, 0.2) is 0 Å². The average Bonchev–Trinajstić information content (AvgIpc) is 2.31. The van der Waals surface area contributed by atoms with Crippen molar-refractivity contribution >= 4 is 62.1 Å². The number of carbonyl (C=O) groups is 3. The summed E-state index contributed by atoms with van der Waals surface area (Å²) in [5.74, 6) is -1.96. The van der Waals surface area contributed by atoms with E-state index in [0.29, 0.717) is 10.2 Å². The lowest BCUT2D eigenvalue weighted by atomic mass is 10.1. The van der Waals surface area contributed by atoms with Gasteiger partial charge in [-0.3, -0.25) is 14.9 Å². The Kier molecular flexibility index (Phi) is 3.71. The van der Waals surface area contributed by atoms with E-state index < -0.39 is 23.8 Å². The minimum absolute atomic E-state index is 0.434. The van der Waals surface area contributed by atoms with Crippen LogP contribution in [0.1, 0.15) is 6.92 Å². The Morgan fingerprint density at radius 2 is 2.00 bits per heavy atom. The number of amides is 4. The van der Waals surface area contributed by atoms with Crippen LogP contribution in [-0.4, -0.2) is 17.8 Å². The van der Waals surface area contributed by atoms with Crippen LogP contribution in [0.15, 0.2) is 22.7 Å². The second kappa shape index (κ2) is 4.96. The number of halogens is 2. The van der Waals surface area contributed by atoms with E-state index >= 15 is 0 Å². The predicted molar refractivity (Wildman–Crippen MR) is 77.0 cm³/mol. The molecule has 18 heavy (non-hydrogen) atoms. The van der Waals surface area contributed by atoms with E-state index in [4.69, 9.17) is 0 Å². The van der Waals surface area contributed by atoms with E-state index in [1.54, 1.807) is 12.1 Å². The maximum absolute atomic E-state index is 12.0. The monoisotopic (exact) mass is 422 g/mol. The molecule has 0 aliphatic carbocycles. The zero-order valence-electron chi connectivity index (χ0n) is 9.24. The van der Waals surface area contributed by atoms with E-state index in [-0.39, 0.29) is 0 Å². The zero-order chi connectivity index (χ0) is 13.4. The molecule has 1 heterocycles. The van der Waals surface area contributed by atoms with Crippen LogP contribution in [0.2, 0.25) is 0 Å². The van der Waals surface area contributed by atoms with Crippen LogP contribution in [-0.2, 0) is 9.59 Å². The van der Waals surface area contributed by atoms with Crippen molar-refractivity contribution in [2.45, 2.75) is 6.92 Å². The molecule has 0 saturated carbocycles. The van der Waals surface area contributed by atoms with Crippen LogP contribution in [0.4, 0.5) is 10.5 Å². The molecular formula is C11H8BrIN2O3. The Bertz CT molecular complexity index is 561. The lowest BCUT2D eigenvalue weighted by Crippen LogP contribution is -2.57. The molecule has 1 aliphatic heterocycles. The topological polar surface area (TPSA) is 66.5 Å². The third kappa shape index (κ3) is 2.28. The third-order valence-corrected chi connectivity index (χ3v) is 3.91. The summed E-state index contributed by atoms with van der Waals surface area (Å²) in [6.07, 6.45) is 0. The molecule has 1 N–H and O–H groups in total. The summed E-state index contributed by atoms with van der Waals surface area (Å²) >= 11 is 5.38. The van der Waals surface area contributed by atoms with Crippen molar-refractivity contribution < 1.29 is 14.4 Å². The van der Waals surface area contributed by atoms with Gasteiger partial charge < -0.3 is 0 Å². The van der Waals surface area contributed by atoms with Gasteiger partial charge in [-0.05, 0) is 63.6 Å². The SMILES string of the molecule is CC1C(=O)NC(=O)N(c2cc(I)ccc2Br)C1=O. The molecule has 1 saturated heterocycles. The normalized spacial score (nSPS) is 20.1. The van der Waals surface area contributed by atoms with E-state index in [0.717, 1.165) is 8.47 Å². The molecule has 0 aromatic heterocycles. The van der Waals surface area contributed by atoms with Crippen LogP contribution in [0, 0.1) is 9.49 Å². The first kappa shape index (κ1) is 13.5. The molecular weight excluding hydrogens is 415 g/mol. The molecule has 94 valence electrons. The number of rotatable bonds is 1. The smallest absolute Gasteiger partial charge is 0.277 e. The van der Waals surface area contributed by atoms with Gasteiger partial charge in [-0.15, -0.1) is 0 Å². The van der Waals surface area contributed by atoms with Gasteiger partial charge >= 0.3 is 6.03 Å². The standard InChI is InChI=1S/C11H8BrIN2O3/c1-5-9(16)14-11(18)15(10(5)17)8-4-6(13)2-3-7(8)12/h2-5H,1H3,(H,14,16,18). The van der Waals surface area contributed by atoms with E-state index in [9.17, 15) is 14.4 Å². The highest BCUT2D eigenvalue weighted by Gasteiger charge is 2.39. The number of nitrogens with zero attached hydrogens (tertiary/aromatic N) is 1. The number of urea groups is 1. The fraction of sp³-hybridized carbons (Fsp3) is 0.182. The molecule has 1 aromatic rings. The second-order valence-electron chi connectivity index (χ2n) is 3.79. The summed E-state index contributed by atoms with van der Waals surface area (Å²) in [7, 11) is 0. The average molecular weight is 423 g/mol. The Balaban J connectivity index is 2.49. The Morgan fingerprint density at radius 3 is 2.67 bits per heavy atom. The quantitative estimate of drug-likeness (QED) is 0.557. The van der Waals surface area contributed by atoms with Crippen molar-refractivity contribution in [1.29, 1.82) is 0 Å². The molecule has 1 atom stereocenters. The molecule has 1 aliphatic rings. The second-order valence-corrected chi connectivity index (χ2v) is 5.89. The molecule has 1 unspecified atom stereocenters. The lowest BCUT2D eigenvalue weighted by molar-refractivity contribution is -0.133. The fourth-order valence-electron chi connectivity index (χ4n) is 1.56. The lowest BCUT2D eigenvalue weighted by Gasteiger charge is -2.29. The highest BCUT2D eigenvalue weighted by molar-refractivity contribution is 14.1. The molecule has 1 fully saturated rings. The van der Waals surface area contributed by atoms with Gasteiger partial charge in [-0.1, -0.05) is 0 Å². The number of benzene rings is 1. The first-order chi connectivity index (χ1) is 8.41. The third-order valence-electron chi connectivity index (χ3n) is 2.57. The number of imide groups is 2. The largest absolute Gasteiger partial charge is 0.335 e. The first-order valence-corrected chi connectivity index (χ1v) is 6.93. The van der Waals surface area contributed by atoms with Gasteiger partial charge in [0.2, 0.25) is 11.8 Å². The minimum Gasteiger partial charge on any atom is -0.277 e. The van der Waals surface area contributed by atoms with Crippen LogP contribution in [0.25, 0.3) is 0 Å². The molecule has 7 heteroatoms. The van der Waals surface area contributed by atoms with Crippen LogP contribution in [0.5, 0.6) is 0 Å². The summed E-state index contributed by atoms with van der Waals surface area (Å²) in [6.45, 7) is 1.47. The number of hydrogen-bond acceptors (Lipinski definition) is 3. The summed E-state index contributed by atoms with van der Waals surface area (Å²) < 4.78 is 1.50. The Morgan fingerprint density at radius 1 is 1.33 bits per heavy atom. The maximum atomic E-state index is 12.0. The van der Waals surface area contributed by atoms with Crippen molar-refractivity contribution in [2.24, 2.45) is 5.92 Å². The molecule has 4 amide bonds. The number of barbiturate groups is 1. The number of nitrogens with one attached hydrogen (secondary N) is 1. The first-order valence-electron chi connectivity index (χ1n) is 5.05. The Hall–Kier alpha value is -0.960. The van der Waals surface area contributed by atoms with Gasteiger partial charge in [-0.25, -0.2) is 9.69 Å². The van der Waals surface area contributed by atoms with Crippen molar-refractivity contribution in [1.82, 2.24) is 5.32 Å². The van der Waals surface area contributed by atoms with Gasteiger partial charge in [0, 0.05) is 8.04 Å². The fourth-order valence-corrected chi connectivity index (χ4v) is 2.46. The van der Waals surface area contributed by atoms with Crippen molar-refractivity contribution in [3.05, 3.63) is 26.2 Å². The summed E-state index contributed by atoms with van der Waals surface area (Å²) in [4.78, 5) is 36.1.